The molecule has 2 aliphatic rings. The van der Waals surface area contributed by atoms with Crippen LogP contribution in [0.4, 0.5) is 0 Å². The maximum absolute atomic E-state index is 11.4. The fourth-order valence-corrected chi connectivity index (χ4v) is 4.01. The van der Waals surface area contributed by atoms with E-state index in [0.717, 1.165) is 49.0 Å². The Bertz CT molecular complexity index is 555. The first kappa shape index (κ1) is 13.5. The van der Waals surface area contributed by atoms with E-state index in [2.05, 4.69) is 6.07 Å². The molecule has 1 aromatic carbocycles. The molecule has 0 saturated heterocycles. The molecule has 0 heterocycles. The van der Waals surface area contributed by atoms with E-state index < -0.39 is 11.0 Å². The predicted molar refractivity (Wildman–Crippen MR) is 76.3 cm³/mol. The van der Waals surface area contributed by atoms with Crippen LogP contribution in [0.15, 0.2) is 18.2 Å². The Hall–Kier alpha value is -1.53. The summed E-state index contributed by atoms with van der Waals surface area (Å²) in [6, 6.07) is 8.38. The number of aliphatic hydroxyl groups is 1. The van der Waals surface area contributed by atoms with Gasteiger partial charge < -0.3 is 9.84 Å². The molecule has 0 spiro atoms. The third-order valence-electron chi connectivity index (χ3n) is 5.23. The maximum atomic E-state index is 11.4. The molecule has 3 nitrogen and oxygen atoms in total. The van der Waals surface area contributed by atoms with E-state index in [1.807, 2.05) is 18.2 Å². The lowest BCUT2D eigenvalue weighted by molar-refractivity contribution is -0.0775. The van der Waals surface area contributed by atoms with Crippen LogP contribution < -0.4 is 4.74 Å². The topological polar surface area (TPSA) is 53.2 Å². The summed E-state index contributed by atoms with van der Waals surface area (Å²) in [6.45, 7) is 0. The van der Waals surface area contributed by atoms with E-state index in [1.54, 1.807) is 7.11 Å². The van der Waals surface area contributed by atoms with Gasteiger partial charge >= 0.3 is 0 Å². The van der Waals surface area contributed by atoms with Gasteiger partial charge in [-0.05, 0) is 48.9 Å². The largest absolute Gasteiger partial charge is 0.497 e. The molecule has 106 valence electrons. The monoisotopic (exact) mass is 271 g/mol. The zero-order valence-corrected chi connectivity index (χ0v) is 12.0. The van der Waals surface area contributed by atoms with Crippen molar-refractivity contribution in [2.45, 2.75) is 50.5 Å². The zero-order valence-electron chi connectivity index (χ0n) is 12.0. The molecule has 3 rings (SSSR count). The van der Waals surface area contributed by atoms with E-state index >= 15 is 0 Å². The number of hydrogen-bond donors (Lipinski definition) is 1. The fraction of sp³-hybridized carbons (Fsp3) is 0.588. The van der Waals surface area contributed by atoms with Crippen molar-refractivity contribution in [2.24, 2.45) is 5.41 Å². The van der Waals surface area contributed by atoms with Crippen molar-refractivity contribution in [1.82, 2.24) is 0 Å². The highest BCUT2D eigenvalue weighted by molar-refractivity contribution is 5.45. The second-order valence-corrected chi connectivity index (χ2v) is 6.14. The van der Waals surface area contributed by atoms with Gasteiger partial charge in [0.05, 0.1) is 18.6 Å². The van der Waals surface area contributed by atoms with Crippen LogP contribution >= 0.6 is 0 Å². The van der Waals surface area contributed by atoms with Gasteiger partial charge in [0.2, 0.25) is 0 Å². The van der Waals surface area contributed by atoms with Crippen LogP contribution in [-0.4, -0.2) is 12.2 Å². The molecule has 0 aliphatic heterocycles. The van der Waals surface area contributed by atoms with Crippen molar-refractivity contribution in [1.29, 1.82) is 5.26 Å². The normalized spacial score (nSPS) is 27.6. The second-order valence-electron chi connectivity index (χ2n) is 6.14. The highest BCUT2D eigenvalue weighted by atomic mass is 16.5. The minimum absolute atomic E-state index is 0.622. The third kappa shape index (κ3) is 1.75. The molecular weight excluding hydrogens is 250 g/mol. The molecule has 0 bridgehead atoms. The summed E-state index contributed by atoms with van der Waals surface area (Å²) in [7, 11) is 1.64. The van der Waals surface area contributed by atoms with Crippen molar-refractivity contribution < 1.29 is 9.84 Å². The first-order chi connectivity index (χ1) is 9.65. The van der Waals surface area contributed by atoms with Gasteiger partial charge in [-0.3, -0.25) is 0 Å². The minimum atomic E-state index is -1.01. The van der Waals surface area contributed by atoms with E-state index in [1.165, 1.54) is 6.42 Å². The summed E-state index contributed by atoms with van der Waals surface area (Å²) in [5.41, 5.74) is 0.448. The van der Waals surface area contributed by atoms with Crippen LogP contribution in [0.5, 0.6) is 5.75 Å². The van der Waals surface area contributed by atoms with Crippen molar-refractivity contribution >= 4 is 0 Å². The number of rotatable bonds is 2. The molecule has 1 aromatic rings. The Kier molecular flexibility index (Phi) is 3.22. The van der Waals surface area contributed by atoms with Gasteiger partial charge in [-0.15, -0.1) is 0 Å². The number of methoxy groups -OCH3 is 1. The second kappa shape index (κ2) is 4.79. The first-order valence-corrected chi connectivity index (χ1v) is 7.46. The molecule has 1 unspecified atom stereocenters. The Labute approximate surface area is 120 Å². The van der Waals surface area contributed by atoms with E-state index in [9.17, 15) is 10.4 Å². The van der Waals surface area contributed by atoms with Crippen LogP contribution in [0.3, 0.4) is 0 Å². The first-order valence-electron chi connectivity index (χ1n) is 7.46. The Morgan fingerprint density at radius 2 is 1.95 bits per heavy atom. The highest BCUT2D eigenvalue weighted by Crippen LogP contribution is 2.55. The lowest BCUT2D eigenvalue weighted by Gasteiger charge is -2.43. The molecule has 1 fully saturated rings. The molecule has 3 heteroatoms. The predicted octanol–water partition coefficient (Wildman–Crippen LogP) is 3.30. The molecule has 0 amide bonds. The Morgan fingerprint density at radius 3 is 2.60 bits per heavy atom. The van der Waals surface area contributed by atoms with Crippen molar-refractivity contribution in [3.8, 4) is 11.8 Å². The molecule has 1 atom stereocenters. The Balaban J connectivity index is 2.09. The van der Waals surface area contributed by atoms with Crippen LogP contribution in [-0.2, 0) is 12.0 Å². The minimum Gasteiger partial charge on any atom is -0.497 e. The van der Waals surface area contributed by atoms with E-state index in [4.69, 9.17) is 4.74 Å². The van der Waals surface area contributed by atoms with Gasteiger partial charge in [-0.2, -0.15) is 5.26 Å². The van der Waals surface area contributed by atoms with E-state index in [0.29, 0.717) is 6.42 Å². The quantitative estimate of drug-likeness (QED) is 0.898. The van der Waals surface area contributed by atoms with Gasteiger partial charge in [0.15, 0.2) is 0 Å². The van der Waals surface area contributed by atoms with E-state index in [-0.39, 0.29) is 0 Å². The molecule has 0 aromatic heterocycles. The Morgan fingerprint density at radius 1 is 1.20 bits per heavy atom. The third-order valence-corrected chi connectivity index (χ3v) is 5.23. The van der Waals surface area contributed by atoms with Crippen LogP contribution in [0.25, 0.3) is 0 Å². The number of fused-ring (bicyclic) bond motifs is 1. The maximum Gasteiger partial charge on any atom is 0.119 e. The molecule has 2 aliphatic carbocycles. The molecular formula is C17H21NO2. The zero-order chi connectivity index (χ0) is 14.2. The van der Waals surface area contributed by atoms with Gasteiger partial charge in [0.1, 0.15) is 11.4 Å². The number of aryl methyl sites for hydroxylation is 1. The lowest BCUT2D eigenvalue weighted by atomic mass is 9.62. The average molecular weight is 271 g/mol. The highest BCUT2D eigenvalue weighted by Gasteiger charge is 2.55. The summed E-state index contributed by atoms with van der Waals surface area (Å²) in [5.74, 6) is 0.757. The molecule has 1 saturated carbocycles. The smallest absolute Gasteiger partial charge is 0.119 e. The van der Waals surface area contributed by atoms with Crippen molar-refractivity contribution in [3.05, 3.63) is 29.3 Å². The summed E-state index contributed by atoms with van der Waals surface area (Å²) in [6.07, 6.45) is 6.35. The molecule has 0 radical (unpaired) electrons. The SMILES string of the molecule is COc1ccc2c(c1)C(O)(C1(C#N)CCCCC1)CC2. The number of hydrogen-bond acceptors (Lipinski definition) is 3. The fourth-order valence-electron chi connectivity index (χ4n) is 4.01. The standard InChI is InChI=1S/C17H21NO2/c1-20-14-6-5-13-7-10-17(19,15(13)11-14)16(12-18)8-3-2-4-9-16/h5-6,11,19H,2-4,7-10H2,1H3. The van der Waals surface area contributed by atoms with Gasteiger partial charge in [0, 0.05) is 0 Å². The summed E-state index contributed by atoms with van der Waals surface area (Å²) in [5, 5.41) is 21.1. The number of benzene rings is 1. The van der Waals surface area contributed by atoms with Crippen LogP contribution in [0, 0.1) is 16.7 Å². The number of nitriles is 1. The molecule has 20 heavy (non-hydrogen) atoms. The number of ether oxygens (including phenoxy) is 1. The van der Waals surface area contributed by atoms with Crippen molar-refractivity contribution in [3.63, 3.8) is 0 Å². The average Bonchev–Trinajstić information content (AvgIpc) is 2.86. The van der Waals surface area contributed by atoms with Crippen LogP contribution in [0.1, 0.15) is 49.7 Å². The van der Waals surface area contributed by atoms with Crippen LogP contribution in [0.2, 0.25) is 0 Å². The van der Waals surface area contributed by atoms with Gasteiger partial charge in [-0.1, -0.05) is 25.3 Å². The summed E-state index contributed by atoms with van der Waals surface area (Å²) < 4.78 is 5.29. The number of nitrogens with zero attached hydrogens (tertiary/aromatic N) is 1. The summed E-state index contributed by atoms with van der Waals surface area (Å²) in [4.78, 5) is 0. The summed E-state index contributed by atoms with van der Waals surface area (Å²) >= 11 is 0. The molecule has 1 N–H and O–H groups in total. The van der Waals surface area contributed by atoms with Gasteiger partial charge in [-0.25, -0.2) is 0 Å². The van der Waals surface area contributed by atoms with Crippen molar-refractivity contribution in [2.75, 3.05) is 7.11 Å². The lowest BCUT2D eigenvalue weighted by Crippen LogP contribution is -2.44. The van der Waals surface area contributed by atoms with Gasteiger partial charge in [0.25, 0.3) is 0 Å².